The fraction of sp³-hybridized carbons (Fsp3) is 0.115. The van der Waals surface area contributed by atoms with E-state index >= 15 is 0 Å². The van der Waals surface area contributed by atoms with Crippen LogP contribution in [-0.2, 0) is 0 Å². The second kappa shape index (κ2) is 10.2. The molecule has 0 saturated heterocycles. The van der Waals surface area contributed by atoms with Gasteiger partial charge in [-0.1, -0.05) is 6.07 Å². The Morgan fingerprint density at radius 3 is 2.29 bits per heavy atom. The molecule has 7 nitrogen and oxygen atoms in total. The van der Waals surface area contributed by atoms with Gasteiger partial charge in [0.05, 0.1) is 11.9 Å². The fourth-order valence-corrected chi connectivity index (χ4v) is 3.25. The molecule has 35 heavy (non-hydrogen) atoms. The van der Waals surface area contributed by atoms with Crippen molar-refractivity contribution in [2.45, 2.75) is 19.9 Å². The number of hydrogen-bond acceptors (Lipinski definition) is 5. The first-order valence-electron chi connectivity index (χ1n) is 10.8. The number of hydrogen-bond donors (Lipinski definition) is 2. The third-order valence-electron chi connectivity index (χ3n) is 4.87. The molecule has 1 amide bonds. The van der Waals surface area contributed by atoms with Crippen molar-refractivity contribution in [2.24, 2.45) is 0 Å². The molecule has 0 radical (unpaired) electrons. The third kappa shape index (κ3) is 5.70. The Morgan fingerprint density at radius 2 is 1.63 bits per heavy atom. The van der Waals surface area contributed by atoms with Gasteiger partial charge < -0.3 is 15.4 Å². The number of nitrogens with zero attached hydrogens (tertiary/aromatic N) is 2. The van der Waals surface area contributed by atoms with E-state index in [9.17, 15) is 18.4 Å². The SMILES string of the molecule is CC(C)NC(=O)c1cccc(Nc2c(Oc3ccc(F)cc3)cnn(-c3ccc(F)cc3)c2=O)c1. The van der Waals surface area contributed by atoms with Gasteiger partial charge in [0.25, 0.3) is 11.5 Å². The molecule has 0 saturated carbocycles. The van der Waals surface area contributed by atoms with Gasteiger partial charge in [0, 0.05) is 17.3 Å². The van der Waals surface area contributed by atoms with Gasteiger partial charge in [-0.25, -0.2) is 8.78 Å². The van der Waals surface area contributed by atoms with Crippen LogP contribution in [0.15, 0.2) is 83.8 Å². The van der Waals surface area contributed by atoms with Crippen molar-refractivity contribution >= 4 is 17.3 Å². The third-order valence-corrected chi connectivity index (χ3v) is 4.87. The molecule has 0 atom stereocenters. The number of aromatic nitrogens is 2. The van der Waals surface area contributed by atoms with E-state index in [2.05, 4.69) is 15.7 Å². The molecule has 1 aromatic heterocycles. The standard InChI is InChI=1S/C26H22F2N4O3/c1-16(2)30-25(33)17-4-3-5-20(14-17)31-24-23(35-22-12-8-19(28)9-13-22)15-29-32(26(24)34)21-10-6-18(27)7-11-21/h3-16,31H,1-2H3,(H,30,33). The number of benzene rings is 3. The van der Waals surface area contributed by atoms with Gasteiger partial charge in [0.15, 0.2) is 11.4 Å². The maximum Gasteiger partial charge on any atom is 0.299 e. The number of halogens is 2. The first kappa shape index (κ1) is 23.6. The highest BCUT2D eigenvalue weighted by molar-refractivity contribution is 5.95. The highest BCUT2D eigenvalue weighted by Gasteiger charge is 2.16. The largest absolute Gasteiger partial charge is 0.453 e. The van der Waals surface area contributed by atoms with Crippen LogP contribution >= 0.6 is 0 Å². The topological polar surface area (TPSA) is 85.2 Å². The first-order chi connectivity index (χ1) is 16.8. The first-order valence-corrected chi connectivity index (χ1v) is 10.8. The summed E-state index contributed by atoms with van der Waals surface area (Å²) in [5.41, 5.74) is 0.651. The summed E-state index contributed by atoms with van der Waals surface area (Å²) in [4.78, 5) is 25.8. The highest BCUT2D eigenvalue weighted by Crippen LogP contribution is 2.29. The summed E-state index contributed by atoms with van der Waals surface area (Å²) < 4.78 is 33.6. The van der Waals surface area contributed by atoms with Gasteiger partial charge in [-0.15, -0.1) is 0 Å². The van der Waals surface area contributed by atoms with E-state index in [0.717, 1.165) is 4.68 Å². The highest BCUT2D eigenvalue weighted by atomic mass is 19.1. The molecule has 0 fully saturated rings. The molecule has 4 aromatic rings. The summed E-state index contributed by atoms with van der Waals surface area (Å²) in [6.45, 7) is 3.71. The summed E-state index contributed by atoms with van der Waals surface area (Å²) in [6, 6.07) is 17.2. The van der Waals surface area contributed by atoms with Crippen molar-refractivity contribution in [3.8, 4) is 17.2 Å². The van der Waals surface area contributed by atoms with Crippen LogP contribution in [0.25, 0.3) is 5.69 Å². The number of rotatable bonds is 7. The van der Waals surface area contributed by atoms with E-state index < -0.39 is 17.2 Å². The van der Waals surface area contributed by atoms with E-state index in [1.54, 1.807) is 24.3 Å². The molecular weight excluding hydrogens is 454 g/mol. The number of anilines is 2. The summed E-state index contributed by atoms with van der Waals surface area (Å²) in [7, 11) is 0. The molecule has 0 unspecified atom stereocenters. The summed E-state index contributed by atoms with van der Waals surface area (Å²) in [5, 5.41) is 9.98. The average Bonchev–Trinajstić information content (AvgIpc) is 2.83. The molecule has 0 spiro atoms. The molecule has 0 aliphatic rings. The van der Waals surface area contributed by atoms with Gasteiger partial charge in [-0.05, 0) is 80.6 Å². The lowest BCUT2D eigenvalue weighted by molar-refractivity contribution is 0.0943. The second-order valence-corrected chi connectivity index (χ2v) is 7.97. The Hall–Kier alpha value is -4.53. The summed E-state index contributed by atoms with van der Waals surface area (Å²) >= 11 is 0. The molecule has 0 aliphatic heterocycles. The zero-order valence-electron chi connectivity index (χ0n) is 19.0. The van der Waals surface area contributed by atoms with Crippen molar-refractivity contribution in [1.82, 2.24) is 15.1 Å². The van der Waals surface area contributed by atoms with E-state index in [1.165, 1.54) is 54.7 Å². The quantitative estimate of drug-likeness (QED) is 0.384. The lowest BCUT2D eigenvalue weighted by atomic mass is 10.1. The van der Waals surface area contributed by atoms with Crippen LogP contribution in [0.2, 0.25) is 0 Å². The van der Waals surface area contributed by atoms with Gasteiger partial charge in [0.1, 0.15) is 17.4 Å². The van der Waals surface area contributed by atoms with Crippen LogP contribution in [0.5, 0.6) is 11.5 Å². The minimum atomic E-state index is -0.576. The van der Waals surface area contributed by atoms with Crippen LogP contribution in [-0.4, -0.2) is 21.7 Å². The van der Waals surface area contributed by atoms with Crippen LogP contribution < -0.4 is 20.9 Å². The number of carbonyl (C=O) groups excluding carboxylic acids is 1. The van der Waals surface area contributed by atoms with Gasteiger partial charge in [0.2, 0.25) is 0 Å². The zero-order valence-corrected chi connectivity index (χ0v) is 19.0. The van der Waals surface area contributed by atoms with Gasteiger partial charge in [-0.3, -0.25) is 9.59 Å². The average molecular weight is 476 g/mol. The molecule has 2 N–H and O–H groups in total. The number of nitrogens with one attached hydrogen (secondary N) is 2. The van der Waals surface area contributed by atoms with E-state index in [1.807, 2.05) is 13.8 Å². The number of carbonyl (C=O) groups is 1. The molecule has 3 aromatic carbocycles. The van der Waals surface area contributed by atoms with Crippen LogP contribution in [0.3, 0.4) is 0 Å². The lowest BCUT2D eigenvalue weighted by Crippen LogP contribution is -2.30. The predicted molar refractivity (Wildman–Crippen MR) is 129 cm³/mol. The molecule has 0 aliphatic carbocycles. The minimum Gasteiger partial charge on any atom is -0.453 e. The molecule has 178 valence electrons. The lowest BCUT2D eigenvalue weighted by Gasteiger charge is -2.15. The van der Waals surface area contributed by atoms with E-state index in [4.69, 9.17) is 4.74 Å². The predicted octanol–water partition coefficient (Wildman–Crippen LogP) is 5.18. The van der Waals surface area contributed by atoms with Crippen LogP contribution in [0, 0.1) is 11.6 Å². The Bertz CT molecular complexity index is 1400. The maximum atomic E-state index is 13.4. The van der Waals surface area contributed by atoms with Crippen molar-refractivity contribution in [2.75, 3.05) is 5.32 Å². The molecule has 1 heterocycles. The Morgan fingerprint density at radius 1 is 0.971 bits per heavy atom. The normalized spacial score (nSPS) is 10.8. The van der Waals surface area contributed by atoms with Crippen molar-refractivity contribution in [3.05, 3.63) is 107 Å². The fourth-order valence-electron chi connectivity index (χ4n) is 3.25. The van der Waals surface area contributed by atoms with Crippen LogP contribution in [0.4, 0.5) is 20.2 Å². The van der Waals surface area contributed by atoms with E-state index in [-0.39, 0.29) is 23.4 Å². The minimum absolute atomic E-state index is 0.0232. The second-order valence-electron chi connectivity index (χ2n) is 7.97. The number of ether oxygens (including phenoxy) is 1. The smallest absolute Gasteiger partial charge is 0.299 e. The van der Waals surface area contributed by atoms with Gasteiger partial charge >= 0.3 is 0 Å². The summed E-state index contributed by atoms with van der Waals surface area (Å²) in [5.74, 6) is -0.771. The van der Waals surface area contributed by atoms with Crippen molar-refractivity contribution in [3.63, 3.8) is 0 Å². The number of amides is 1. The Balaban J connectivity index is 1.75. The van der Waals surface area contributed by atoms with Crippen molar-refractivity contribution < 1.29 is 18.3 Å². The molecular formula is C26H22F2N4O3. The maximum absolute atomic E-state index is 13.4. The molecule has 9 heteroatoms. The molecule has 0 bridgehead atoms. The molecule has 4 rings (SSSR count). The Labute approximate surface area is 200 Å². The Kier molecular flexibility index (Phi) is 6.86. The van der Waals surface area contributed by atoms with Crippen LogP contribution in [0.1, 0.15) is 24.2 Å². The monoisotopic (exact) mass is 476 g/mol. The van der Waals surface area contributed by atoms with Gasteiger partial charge in [-0.2, -0.15) is 9.78 Å². The van der Waals surface area contributed by atoms with Crippen molar-refractivity contribution in [1.29, 1.82) is 0 Å². The zero-order chi connectivity index (χ0) is 24.9. The summed E-state index contributed by atoms with van der Waals surface area (Å²) in [6.07, 6.45) is 1.33. The van der Waals surface area contributed by atoms with E-state index in [0.29, 0.717) is 22.7 Å².